The molecule has 9 nitrogen and oxygen atoms in total. The molecule has 26 heavy (non-hydrogen) atoms. The van der Waals surface area contributed by atoms with Gasteiger partial charge in [0.15, 0.2) is 23.3 Å². The van der Waals surface area contributed by atoms with Crippen LogP contribution in [0.3, 0.4) is 0 Å². The average molecular weight is 363 g/mol. The molecule has 2 aromatic rings. The van der Waals surface area contributed by atoms with Crippen LogP contribution in [0.25, 0.3) is 0 Å². The number of nitrogens with one attached hydrogen (secondary N) is 2. The molecule has 0 aliphatic rings. The lowest BCUT2D eigenvalue weighted by atomic mass is 10.2. The standard InChI is InChI=1S/C17H25N5O4/c1-6-18-17(20-10-15-21-11(2)26-22-15)19-9-12-7-13(23-3)16(25-5)14(8-12)24-4/h7-8H,6,9-10H2,1-5H3,(H2,18,19,20). The first-order chi connectivity index (χ1) is 12.6. The van der Waals surface area contributed by atoms with Gasteiger partial charge in [0, 0.05) is 13.5 Å². The van der Waals surface area contributed by atoms with E-state index in [2.05, 4.69) is 25.8 Å². The molecule has 142 valence electrons. The highest BCUT2D eigenvalue weighted by atomic mass is 16.5. The lowest BCUT2D eigenvalue weighted by molar-refractivity contribution is 0.324. The van der Waals surface area contributed by atoms with Crippen molar-refractivity contribution in [2.24, 2.45) is 4.99 Å². The number of ether oxygens (including phenoxy) is 3. The fourth-order valence-electron chi connectivity index (χ4n) is 2.31. The van der Waals surface area contributed by atoms with Crippen molar-refractivity contribution in [1.29, 1.82) is 0 Å². The van der Waals surface area contributed by atoms with E-state index in [4.69, 9.17) is 18.7 Å². The van der Waals surface area contributed by atoms with Gasteiger partial charge in [0.05, 0.1) is 34.4 Å². The number of guanidine groups is 1. The molecule has 9 heteroatoms. The van der Waals surface area contributed by atoms with Crippen molar-refractivity contribution in [1.82, 2.24) is 20.8 Å². The Morgan fingerprint density at radius 3 is 2.31 bits per heavy atom. The number of rotatable bonds is 8. The van der Waals surface area contributed by atoms with Crippen LogP contribution in [-0.2, 0) is 13.1 Å². The van der Waals surface area contributed by atoms with Gasteiger partial charge in [0.25, 0.3) is 0 Å². The zero-order valence-corrected chi connectivity index (χ0v) is 15.8. The second kappa shape index (κ2) is 9.50. The largest absolute Gasteiger partial charge is 0.493 e. The van der Waals surface area contributed by atoms with Gasteiger partial charge in [-0.3, -0.25) is 0 Å². The van der Waals surface area contributed by atoms with Gasteiger partial charge in [-0.05, 0) is 24.6 Å². The predicted octanol–water partition coefficient (Wildman–Crippen LogP) is 1.66. The first-order valence-corrected chi connectivity index (χ1v) is 8.21. The van der Waals surface area contributed by atoms with Crippen molar-refractivity contribution in [2.75, 3.05) is 27.9 Å². The van der Waals surface area contributed by atoms with Gasteiger partial charge in [-0.25, -0.2) is 4.99 Å². The summed E-state index contributed by atoms with van der Waals surface area (Å²) in [5, 5.41) is 10.2. The van der Waals surface area contributed by atoms with Crippen molar-refractivity contribution in [3.63, 3.8) is 0 Å². The normalized spacial score (nSPS) is 11.2. The number of hydrogen-bond donors (Lipinski definition) is 2. The zero-order chi connectivity index (χ0) is 18.9. The summed E-state index contributed by atoms with van der Waals surface area (Å²) in [5.74, 6) is 3.49. The third-order valence-electron chi connectivity index (χ3n) is 3.47. The van der Waals surface area contributed by atoms with Crippen LogP contribution in [-0.4, -0.2) is 44.0 Å². The molecule has 0 saturated heterocycles. The summed E-state index contributed by atoms with van der Waals surface area (Å²) in [6.07, 6.45) is 0. The van der Waals surface area contributed by atoms with Crippen molar-refractivity contribution >= 4 is 5.96 Å². The van der Waals surface area contributed by atoms with E-state index in [1.807, 2.05) is 19.1 Å². The number of aryl methyl sites for hydroxylation is 1. The van der Waals surface area contributed by atoms with Crippen LogP contribution in [0.5, 0.6) is 17.2 Å². The first-order valence-electron chi connectivity index (χ1n) is 8.21. The molecule has 1 heterocycles. The third-order valence-corrected chi connectivity index (χ3v) is 3.47. The Morgan fingerprint density at radius 2 is 1.81 bits per heavy atom. The number of nitrogens with zero attached hydrogens (tertiary/aromatic N) is 3. The van der Waals surface area contributed by atoms with E-state index >= 15 is 0 Å². The molecule has 1 aromatic carbocycles. The van der Waals surface area contributed by atoms with Gasteiger partial charge in [-0.2, -0.15) is 4.98 Å². The van der Waals surface area contributed by atoms with Crippen molar-refractivity contribution in [2.45, 2.75) is 26.9 Å². The molecule has 0 fully saturated rings. The van der Waals surface area contributed by atoms with Crippen molar-refractivity contribution < 1.29 is 18.7 Å². The van der Waals surface area contributed by atoms with Gasteiger partial charge in [-0.1, -0.05) is 5.16 Å². The summed E-state index contributed by atoms with van der Waals surface area (Å²) in [4.78, 5) is 8.72. The van der Waals surface area contributed by atoms with Gasteiger partial charge < -0.3 is 29.4 Å². The Morgan fingerprint density at radius 1 is 1.12 bits per heavy atom. The molecule has 0 spiro atoms. The molecular formula is C17H25N5O4. The van der Waals surface area contributed by atoms with Crippen molar-refractivity contribution in [3.05, 3.63) is 29.4 Å². The fraction of sp³-hybridized carbons (Fsp3) is 0.471. The maximum absolute atomic E-state index is 5.37. The van der Waals surface area contributed by atoms with Crippen LogP contribution in [0.4, 0.5) is 0 Å². The number of methoxy groups -OCH3 is 3. The number of aliphatic imine (C=N–C) groups is 1. The minimum atomic E-state index is 0.415. The van der Waals surface area contributed by atoms with Crippen LogP contribution >= 0.6 is 0 Å². The molecule has 2 rings (SSSR count). The zero-order valence-electron chi connectivity index (χ0n) is 15.8. The Labute approximate surface area is 152 Å². The molecule has 1 aromatic heterocycles. The van der Waals surface area contributed by atoms with Crippen LogP contribution in [0.15, 0.2) is 21.6 Å². The van der Waals surface area contributed by atoms with Crippen molar-refractivity contribution in [3.8, 4) is 17.2 Å². The van der Waals surface area contributed by atoms with Gasteiger partial charge >= 0.3 is 0 Å². The lowest BCUT2D eigenvalue weighted by Gasteiger charge is -2.14. The van der Waals surface area contributed by atoms with E-state index in [9.17, 15) is 0 Å². The third kappa shape index (κ3) is 5.01. The molecule has 0 atom stereocenters. The van der Waals surface area contributed by atoms with E-state index < -0.39 is 0 Å². The molecule has 0 unspecified atom stereocenters. The van der Waals surface area contributed by atoms with Gasteiger partial charge in [0.2, 0.25) is 11.6 Å². The predicted molar refractivity (Wildman–Crippen MR) is 96.8 cm³/mol. The topological polar surface area (TPSA) is 103 Å². The summed E-state index contributed by atoms with van der Waals surface area (Å²) < 4.78 is 21.0. The summed E-state index contributed by atoms with van der Waals surface area (Å²) in [7, 11) is 4.75. The molecule has 0 aliphatic carbocycles. The second-order valence-corrected chi connectivity index (χ2v) is 5.31. The summed E-state index contributed by atoms with van der Waals surface area (Å²) in [6, 6.07) is 3.74. The summed E-state index contributed by atoms with van der Waals surface area (Å²) in [6.45, 7) is 5.32. The van der Waals surface area contributed by atoms with Crippen LogP contribution in [0, 0.1) is 6.92 Å². The van der Waals surface area contributed by atoms with E-state index in [-0.39, 0.29) is 0 Å². The van der Waals surface area contributed by atoms with Crippen LogP contribution in [0.1, 0.15) is 24.2 Å². The minimum Gasteiger partial charge on any atom is -0.493 e. The van der Waals surface area contributed by atoms with Gasteiger partial charge in [-0.15, -0.1) is 0 Å². The number of benzene rings is 1. The summed E-state index contributed by atoms with van der Waals surface area (Å²) >= 11 is 0. The molecule has 0 radical (unpaired) electrons. The SMILES string of the molecule is CCNC(=NCc1cc(OC)c(OC)c(OC)c1)NCc1noc(C)n1. The monoisotopic (exact) mass is 363 g/mol. The van der Waals surface area contributed by atoms with Gasteiger partial charge in [0.1, 0.15) is 0 Å². The van der Waals surface area contributed by atoms with E-state index in [1.54, 1.807) is 28.3 Å². The van der Waals surface area contributed by atoms with E-state index in [0.29, 0.717) is 48.0 Å². The second-order valence-electron chi connectivity index (χ2n) is 5.31. The Balaban J connectivity index is 2.12. The number of aromatic nitrogens is 2. The van der Waals surface area contributed by atoms with E-state index in [1.165, 1.54) is 0 Å². The Hall–Kier alpha value is -2.97. The molecule has 2 N–H and O–H groups in total. The highest BCUT2D eigenvalue weighted by molar-refractivity contribution is 5.79. The maximum Gasteiger partial charge on any atom is 0.223 e. The van der Waals surface area contributed by atoms with Crippen LogP contribution < -0.4 is 24.8 Å². The molecular weight excluding hydrogens is 338 g/mol. The maximum atomic E-state index is 5.37. The molecule has 0 aliphatic heterocycles. The molecule has 0 saturated carbocycles. The quantitative estimate of drug-likeness (QED) is 0.539. The smallest absolute Gasteiger partial charge is 0.223 e. The first kappa shape index (κ1) is 19.4. The fourth-order valence-corrected chi connectivity index (χ4v) is 2.31. The summed E-state index contributed by atoms with van der Waals surface area (Å²) in [5.41, 5.74) is 0.923. The Kier molecular flexibility index (Phi) is 7.07. The molecule has 0 bridgehead atoms. The minimum absolute atomic E-state index is 0.415. The highest BCUT2D eigenvalue weighted by Gasteiger charge is 2.13. The highest BCUT2D eigenvalue weighted by Crippen LogP contribution is 2.38. The Bertz CT molecular complexity index is 719. The average Bonchev–Trinajstić information content (AvgIpc) is 3.08. The number of hydrogen-bond acceptors (Lipinski definition) is 7. The lowest BCUT2D eigenvalue weighted by Crippen LogP contribution is -2.37. The van der Waals surface area contributed by atoms with Crippen LogP contribution in [0.2, 0.25) is 0 Å². The molecule has 0 amide bonds. The van der Waals surface area contributed by atoms with E-state index in [0.717, 1.165) is 12.1 Å².